The van der Waals surface area contributed by atoms with Crippen LogP contribution < -0.4 is 9.62 Å². The summed E-state index contributed by atoms with van der Waals surface area (Å²) in [5.74, 6) is -0.240. The minimum atomic E-state index is -0.240. The lowest BCUT2D eigenvalue weighted by atomic mass is 10.2. The first-order valence-electron chi connectivity index (χ1n) is 7.72. The summed E-state index contributed by atoms with van der Waals surface area (Å²) in [6.45, 7) is 10.3. The molecule has 1 aromatic rings. The lowest BCUT2D eigenvalue weighted by Crippen LogP contribution is -2.44. The number of carbonyl (C=O) groups excluding carboxylic acids is 1. The van der Waals surface area contributed by atoms with Crippen LogP contribution in [0.4, 0.5) is 5.69 Å². The van der Waals surface area contributed by atoms with E-state index in [0.717, 1.165) is 26.2 Å². The molecule has 124 valence electrons. The Kier molecular flexibility index (Phi) is 8.96. The van der Waals surface area contributed by atoms with E-state index in [1.807, 2.05) is 13.8 Å². The third-order valence-electron chi connectivity index (χ3n) is 3.28. The van der Waals surface area contributed by atoms with Crippen LogP contribution in [0.2, 0.25) is 0 Å². The molecule has 1 N–H and O–H groups in total. The van der Waals surface area contributed by atoms with Crippen LogP contribution in [0.15, 0.2) is 24.3 Å². The summed E-state index contributed by atoms with van der Waals surface area (Å²) in [5.41, 5.74) is 2.57. The van der Waals surface area contributed by atoms with Crippen molar-refractivity contribution in [3.8, 4) is 0 Å². The van der Waals surface area contributed by atoms with E-state index in [9.17, 15) is 4.79 Å². The Morgan fingerprint density at radius 1 is 1.18 bits per heavy atom. The number of methoxy groups -OCH3 is 1. The predicted octanol–water partition coefficient (Wildman–Crippen LogP) is 2.47. The number of anilines is 1. The number of esters is 1. The van der Waals surface area contributed by atoms with Crippen LogP contribution in [0.3, 0.4) is 0 Å². The maximum absolute atomic E-state index is 11.0. The molecule has 0 atom stereocenters. The second-order valence-electron chi connectivity index (χ2n) is 4.74. The van der Waals surface area contributed by atoms with Crippen LogP contribution in [0, 0.1) is 6.92 Å². The Balaban J connectivity index is 0.00000116. The highest BCUT2D eigenvalue weighted by atomic mass is 32.2. The van der Waals surface area contributed by atoms with Gasteiger partial charge in [0.2, 0.25) is 0 Å². The van der Waals surface area contributed by atoms with Crippen molar-refractivity contribution in [2.75, 3.05) is 44.7 Å². The number of rotatable bonds is 5. The molecule has 0 aliphatic carbocycles. The van der Waals surface area contributed by atoms with E-state index in [1.54, 1.807) is 0 Å². The maximum Gasteiger partial charge on any atom is 0.320 e. The topological polar surface area (TPSA) is 44.8 Å². The zero-order valence-corrected chi connectivity index (χ0v) is 14.8. The molecular weight excluding hydrogens is 298 g/mol. The molecule has 0 radical (unpaired) electrons. The molecule has 1 aromatic carbocycles. The lowest BCUT2D eigenvalue weighted by Gasteiger charge is -2.35. The van der Waals surface area contributed by atoms with Crippen molar-refractivity contribution >= 4 is 23.8 Å². The molecule has 1 fully saturated rings. The fourth-order valence-corrected chi connectivity index (χ4v) is 2.76. The lowest BCUT2D eigenvalue weighted by molar-refractivity contribution is -0.139. The number of nitrogens with zero attached hydrogens (tertiary/aromatic N) is 2. The molecule has 0 bridgehead atoms. The fraction of sp³-hybridized carbons (Fsp3) is 0.562. The number of nitrogens with one attached hydrogen (secondary N) is 1. The SMILES string of the molecule is CC.COC(=O)CNSN1CCN(c2ccc(C)cc2)CC1. The molecule has 2 rings (SSSR count). The van der Waals surface area contributed by atoms with E-state index in [0.29, 0.717) is 0 Å². The highest BCUT2D eigenvalue weighted by Crippen LogP contribution is 2.19. The Morgan fingerprint density at radius 3 is 2.32 bits per heavy atom. The van der Waals surface area contributed by atoms with Crippen LogP contribution in [0.25, 0.3) is 0 Å². The molecule has 22 heavy (non-hydrogen) atoms. The van der Waals surface area contributed by atoms with E-state index < -0.39 is 0 Å². The smallest absolute Gasteiger partial charge is 0.320 e. The summed E-state index contributed by atoms with van der Waals surface area (Å²) in [4.78, 5) is 13.4. The van der Waals surface area contributed by atoms with Gasteiger partial charge in [0.15, 0.2) is 0 Å². The average molecular weight is 325 g/mol. The number of hydrogen-bond donors (Lipinski definition) is 1. The number of hydrogen-bond acceptors (Lipinski definition) is 6. The molecule has 1 saturated heterocycles. The predicted molar refractivity (Wildman–Crippen MR) is 93.9 cm³/mol. The summed E-state index contributed by atoms with van der Waals surface area (Å²) >= 11 is 1.50. The molecule has 6 heteroatoms. The second-order valence-corrected chi connectivity index (χ2v) is 5.73. The van der Waals surface area contributed by atoms with Gasteiger partial charge >= 0.3 is 5.97 Å². The van der Waals surface area contributed by atoms with Crippen molar-refractivity contribution in [2.24, 2.45) is 0 Å². The van der Waals surface area contributed by atoms with Gasteiger partial charge in [-0.1, -0.05) is 31.5 Å². The minimum absolute atomic E-state index is 0.235. The number of carbonyl (C=O) groups is 1. The Labute approximate surface area is 138 Å². The van der Waals surface area contributed by atoms with Crippen LogP contribution in [-0.2, 0) is 9.53 Å². The third kappa shape index (κ3) is 6.25. The molecule has 5 nitrogen and oxygen atoms in total. The van der Waals surface area contributed by atoms with E-state index in [1.165, 1.54) is 30.5 Å². The average Bonchev–Trinajstić information content (AvgIpc) is 2.58. The highest BCUT2D eigenvalue weighted by molar-refractivity contribution is 7.95. The van der Waals surface area contributed by atoms with E-state index in [-0.39, 0.29) is 12.5 Å². The van der Waals surface area contributed by atoms with Crippen molar-refractivity contribution in [1.82, 2.24) is 9.03 Å². The van der Waals surface area contributed by atoms with E-state index in [4.69, 9.17) is 0 Å². The second kappa shape index (κ2) is 10.5. The Hall–Kier alpha value is -1.24. The van der Waals surface area contributed by atoms with Crippen LogP contribution in [0.5, 0.6) is 0 Å². The van der Waals surface area contributed by atoms with Crippen molar-refractivity contribution < 1.29 is 9.53 Å². The van der Waals surface area contributed by atoms with Crippen LogP contribution in [-0.4, -0.2) is 50.1 Å². The van der Waals surface area contributed by atoms with Gasteiger partial charge in [0.05, 0.1) is 7.11 Å². The first kappa shape index (κ1) is 18.8. The highest BCUT2D eigenvalue weighted by Gasteiger charge is 2.17. The molecule has 1 heterocycles. The molecule has 0 unspecified atom stereocenters. The maximum atomic E-state index is 11.0. The molecule has 0 aromatic heterocycles. The van der Waals surface area contributed by atoms with Crippen molar-refractivity contribution in [2.45, 2.75) is 20.8 Å². The van der Waals surface area contributed by atoms with Crippen molar-refractivity contribution in [3.05, 3.63) is 29.8 Å². The zero-order valence-electron chi connectivity index (χ0n) is 14.0. The van der Waals surface area contributed by atoms with Gasteiger partial charge in [0.25, 0.3) is 0 Å². The number of benzene rings is 1. The van der Waals surface area contributed by atoms with Gasteiger partial charge in [-0.25, -0.2) is 9.03 Å². The van der Waals surface area contributed by atoms with Crippen molar-refractivity contribution in [3.63, 3.8) is 0 Å². The van der Waals surface area contributed by atoms with Gasteiger partial charge in [0.1, 0.15) is 6.54 Å². The summed E-state index contributed by atoms with van der Waals surface area (Å²) < 4.78 is 9.83. The number of ether oxygens (including phenoxy) is 1. The van der Waals surface area contributed by atoms with E-state index >= 15 is 0 Å². The van der Waals surface area contributed by atoms with E-state index in [2.05, 4.69) is 49.9 Å². The van der Waals surface area contributed by atoms with Crippen molar-refractivity contribution in [1.29, 1.82) is 0 Å². The van der Waals surface area contributed by atoms with Crippen LogP contribution >= 0.6 is 12.1 Å². The summed E-state index contributed by atoms with van der Waals surface area (Å²) in [7, 11) is 1.40. The quantitative estimate of drug-likeness (QED) is 0.663. The largest absolute Gasteiger partial charge is 0.468 e. The standard InChI is InChI=1S/C14H21N3O2S.C2H6/c1-12-3-5-13(6-4-12)16-7-9-17(10-8-16)20-15-11-14(18)19-2;1-2/h3-6,15H,7-11H2,1-2H3;1-2H3. The van der Waals surface area contributed by atoms with Gasteiger partial charge in [-0.05, 0) is 19.1 Å². The molecule has 0 amide bonds. The Bertz CT molecular complexity index is 432. The van der Waals surface area contributed by atoms with Gasteiger partial charge in [-0.15, -0.1) is 0 Å². The third-order valence-corrected chi connectivity index (χ3v) is 4.17. The minimum Gasteiger partial charge on any atom is -0.468 e. The summed E-state index contributed by atoms with van der Waals surface area (Å²) in [6, 6.07) is 8.64. The first-order valence-corrected chi connectivity index (χ1v) is 8.49. The monoisotopic (exact) mass is 325 g/mol. The first-order chi connectivity index (χ1) is 10.7. The molecular formula is C16H27N3O2S. The molecule has 1 aliphatic rings. The Morgan fingerprint density at radius 2 is 1.77 bits per heavy atom. The number of aryl methyl sites for hydroxylation is 1. The van der Waals surface area contributed by atoms with Gasteiger partial charge in [-0.2, -0.15) is 0 Å². The zero-order chi connectivity index (χ0) is 16.4. The van der Waals surface area contributed by atoms with Gasteiger partial charge in [0, 0.05) is 44.0 Å². The molecule has 0 saturated carbocycles. The van der Waals surface area contributed by atoms with Gasteiger partial charge < -0.3 is 9.64 Å². The summed E-state index contributed by atoms with van der Waals surface area (Å²) in [6.07, 6.45) is 0. The fourth-order valence-electron chi connectivity index (χ4n) is 2.05. The summed E-state index contributed by atoms with van der Waals surface area (Å²) in [5, 5.41) is 0. The molecule has 0 spiro atoms. The van der Waals surface area contributed by atoms with Crippen LogP contribution in [0.1, 0.15) is 19.4 Å². The normalized spacial score (nSPS) is 15.0. The number of piperazine rings is 1. The molecule has 1 aliphatic heterocycles. The van der Waals surface area contributed by atoms with Gasteiger partial charge in [-0.3, -0.25) is 4.79 Å².